The van der Waals surface area contributed by atoms with Crippen LogP contribution in [0, 0.1) is 19.7 Å². The Kier molecular flexibility index (Phi) is 6.97. The van der Waals surface area contributed by atoms with E-state index >= 15 is 0 Å². The second kappa shape index (κ2) is 9.00. The molecule has 0 bridgehead atoms. The summed E-state index contributed by atoms with van der Waals surface area (Å²) in [7, 11) is 3.72. The molecule has 144 valence electrons. The topological polar surface area (TPSA) is 35.9 Å². The first-order chi connectivity index (χ1) is 12.7. The van der Waals surface area contributed by atoms with E-state index in [-0.39, 0.29) is 17.4 Å². The fourth-order valence-corrected chi connectivity index (χ4v) is 2.97. The first kappa shape index (κ1) is 20.9. The van der Waals surface area contributed by atoms with Gasteiger partial charge in [0.15, 0.2) is 5.78 Å². The Morgan fingerprint density at radius 2 is 1.89 bits per heavy atom. The van der Waals surface area contributed by atoms with Gasteiger partial charge in [0.2, 0.25) is 0 Å². The average Bonchev–Trinajstić information content (AvgIpc) is 2.61. The Morgan fingerprint density at radius 1 is 1.19 bits per heavy atom. The predicted molar refractivity (Wildman–Crippen MR) is 111 cm³/mol. The minimum Gasteiger partial charge on any atom is -0.366 e. The fourth-order valence-electron chi connectivity index (χ4n) is 2.66. The molecule has 2 aromatic rings. The molecule has 6 heteroatoms. The number of likely N-dealkylation sites (N-methyl/N-ethyl adjacent to an activating group) is 1. The Bertz CT molecular complexity index is 867. The summed E-state index contributed by atoms with van der Waals surface area (Å²) in [6.07, 6.45) is 1.79. The van der Waals surface area contributed by atoms with Crippen LogP contribution in [0.25, 0.3) is 0 Å². The number of ketones is 1. The van der Waals surface area contributed by atoms with Crippen LogP contribution in [-0.4, -0.2) is 44.2 Å². The smallest absolute Gasteiger partial charge is 0.182 e. The van der Waals surface area contributed by atoms with Crippen LogP contribution in [0.1, 0.15) is 28.4 Å². The molecule has 0 fully saturated rings. The molecule has 0 aliphatic carbocycles. The molecule has 0 unspecified atom stereocenters. The van der Waals surface area contributed by atoms with Crippen LogP contribution in [0.2, 0.25) is 5.02 Å². The van der Waals surface area contributed by atoms with Gasteiger partial charge >= 0.3 is 0 Å². The first-order valence-electron chi connectivity index (χ1n) is 8.78. The van der Waals surface area contributed by atoms with E-state index in [0.717, 1.165) is 23.4 Å². The summed E-state index contributed by atoms with van der Waals surface area (Å²) in [5.74, 6) is -0.431. The van der Waals surface area contributed by atoms with Crippen molar-refractivity contribution in [2.45, 2.75) is 20.8 Å². The number of Topliss-reactive ketones (excluding diaryl/α,β-unsaturated/α-hetero) is 1. The van der Waals surface area contributed by atoms with Crippen molar-refractivity contribution in [3.8, 4) is 0 Å². The van der Waals surface area contributed by atoms with Crippen LogP contribution in [0.4, 0.5) is 15.8 Å². The van der Waals surface area contributed by atoms with Crippen LogP contribution < -0.4 is 4.90 Å². The number of halogens is 2. The van der Waals surface area contributed by atoms with Gasteiger partial charge in [-0.15, -0.1) is 0 Å². The summed E-state index contributed by atoms with van der Waals surface area (Å²) in [4.78, 5) is 21.0. The number of nitrogens with zero attached hydrogens (tertiary/aromatic N) is 3. The highest BCUT2D eigenvalue weighted by atomic mass is 35.5. The largest absolute Gasteiger partial charge is 0.366 e. The molecule has 2 aromatic carbocycles. The van der Waals surface area contributed by atoms with Crippen LogP contribution in [0.5, 0.6) is 0 Å². The van der Waals surface area contributed by atoms with Gasteiger partial charge in [0.25, 0.3) is 0 Å². The van der Waals surface area contributed by atoms with Gasteiger partial charge in [-0.2, -0.15) is 0 Å². The minimum absolute atomic E-state index is 0.0281. The van der Waals surface area contributed by atoms with Gasteiger partial charge in [-0.05, 0) is 62.2 Å². The average molecular weight is 390 g/mol. The number of anilines is 1. The van der Waals surface area contributed by atoms with Crippen molar-refractivity contribution in [3.05, 3.63) is 57.9 Å². The number of aliphatic imine (C=N–C) groups is 1. The number of carbonyl (C=O) groups excluding carboxylic acids is 1. The van der Waals surface area contributed by atoms with Gasteiger partial charge in [0, 0.05) is 26.2 Å². The van der Waals surface area contributed by atoms with Gasteiger partial charge in [-0.25, -0.2) is 9.38 Å². The maximum atomic E-state index is 13.2. The Labute approximate surface area is 165 Å². The predicted octanol–water partition coefficient (Wildman–Crippen LogP) is 5.03. The van der Waals surface area contributed by atoms with Crippen molar-refractivity contribution in [2.75, 3.05) is 32.1 Å². The summed E-state index contributed by atoms with van der Waals surface area (Å²) in [6, 6.07) is 7.94. The van der Waals surface area contributed by atoms with E-state index in [9.17, 15) is 9.18 Å². The van der Waals surface area contributed by atoms with Gasteiger partial charge in [0.05, 0.1) is 29.3 Å². The molecule has 2 rings (SSSR count). The summed E-state index contributed by atoms with van der Waals surface area (Å²) in [5.41, 5.74) is 3.92. The molecular weight excluding hydrogens is 365 g/mol. The molecule has 0 spiro atoms. The highest BCUT2D eigenvalue weighted by Gasteiger charge is 2.16. The quantitative estimate of drug-likeness (QED) is 0.378. The highest BCUT2D eigenvalue weighted by molar-refractivity contribution is 6.33. The van der Waals surface area contributed by atoms with Crippen molar-refractivity contribution in [2.24, 2.45) is 4.99 Å². The van der Waals surface area contributed by atoms with E-state index in [1.165, 1.54) is 12.1 Å². The molecule has 0 N–H and O–H groups in total. The Hall–Kier alpha value is -2.40. The molecule has 0 aliphatic rings. The normalized spacial score (nSPS) is 11.1. The molecule has 0 saturated carbocycles. The summed E-state index contributed by atoms with van der Waals surface area (Å²) in [6.45, 7) is 6.91. The van der Waals surface area contributed by atoms with Crippen molar-refractivity contribution in [1.29, 1.82) is 0 Å². The Morgan fingerprint density at radius 3 is 2.52 bits per heavy atom. The number of hydrogen-bond donors (Lipinski definition) is 0. The van der Waals surface area contributed by atoms with Crippen molar-refractivity contribution < 1.29 is 9.18 Å². The number of hydrogen-bond acceptors (Lipinski definition) is 3. The first-order valence-corrected chi connectivity index (χ1v) is 9.15. The second-order valence-electron chi connectivity index (χ2n) is 6.65. The minimum atomic E-state index is -0.403. The van der Waals surface area contributed by atoms with E-state index in [4.69, 9.17) is 11.6 Å². The number of benzene rings is 2. The lowest BCUT2D eigenvalue weighted by molar-refractivity contribution is 0.0999. The molecule has 0 radical (unpaired) electrons. The monoisotopic (exact) mass is 389 g/mol. The number of aryl methyl sites for hydroxylation is 2. The molecule has 0 aliphatic heterocycles. The molecule has 0 atom stereocenters. The molecule has 27 heavy (non-hydrogen) atoms. The molecule has 0 saturated heterocycles. The van der Waals surface area contributed by atoms with E-state index in [2.05, 4.69) is 11.9 Å². The van der Waals surface area contributed by atoms with E-state index in [1.807, 2.05) is 37.9 Å². The lowest BCUT2D eigenvalue weighted by atomic mass is 10.00. The van der Waals surface area contributed by atoms with Gasteiger partial charge < -0.3 is 9.80 Å². The summed E-state index contributed by atoms with van der Waals surface area (Å²) in [5, 5.41) is 0.280. The fraction of sp³-hybridized carbons (Fsp3) is 0.333. The highest BCUT2D eigenvalue weighted by Crippen LogP contribution is 2.27. The third kappa shape index (κ3) is 5.30. The van der Waals surface area contributed by atoms with E-state index in [0.29, 0.717) is 11.3 Å². The third-order valence-electron chi connectivity index (χ3n) is 4.44. The lowest BCUT2D eigenvalue weighted by Gasteiger charge is -2.20. The van der Waals surface area contributed by atoms with Crippen molar-refractivity contribution >= 4 is 35.1 Å². The zero-order chi connectivity index (χ0) is 20.1. The van der Waals surface area contributed by atoms with Crippen molar-refractivity contribution in [3.63, 3.8) is 0 Å². The van der Waals surface area contributed by atoms with Crippen LogP contribution in [0.3, 0.4) is 0 Å². The van der Waals surface area contributed by atoms with Gasteiger partial charge in [-0.3, -0.25) is 4.79 Å². The Balaban J connectivity index is 2.21. The molecule has 0 heterocycles. The molecule has 0 amide bonds. The summed E-state index contributed by atoms with van der Waals surface area (Å²) >= 11 is 6.09. The molecule has 0 aromatic heterocycles. The molecule has 4 nitrogen and oxygen atoms in total. The lowest BCUT2D eigenvalue weighted by Crippen LogP contribution is -2.26. The van der Waals surface area contributed by atoms with Crippen LogP contribution in [-0.2, 0) is 0 Å². The standard InChI is InChI=1S/C21H25ClFN3O/c1-6-25(4)13-24-19-10-14(2)17(9-15(19)3)21(27)12-26(5)20-8-7-16(23)11-18(20)22/h7-11,13H,6,12H2,1-5H3. The van der Waals surface area contributed by atoms with E-state index in [1.54, 1.807) is 24.4 Å². The van der Waals surface area contributed by atoms with Gasteiger partial charge in [0.1, 0.15) is 5.82 Å². The second-order valence-corrected chi connectivity index (χ2v) is 7.05. The number of rotatable bonds is 7. The summed E-state index contributed by atoms with van der Waals surface area (Å²) < 4.78 is 13.2. The van der Waals surface area contributed by atoms with Crippen LogP contribution >= 0.6 is 11.6 Å². The maximum Gasteiger partial charge on any atom is 0.182 e. The van der Waals surface area contributed by atoms with Crippen molar-refractivity contribution in [1.82, 2.24) is 4.90 Å². The zero-order valence-electron chi connectivity index (χ0n) is 16.4. The van der Waals surface area contributed by atoms with Gasteiger partial charge in [-0.1, -0.05) is 11.6 Å². The third-order valence-corrected chi connectivity index (χ3v) is 4.74. The zero-order valence-corrected chi connectivity index (χ0v) is 17.1. The van der Waals surface area contributed by atoms with E-state index < -0.39 is 5.82 Å². The maximum absolute atomic E-state index is 13.2. The molecular formula is C21H25ClFN3O. The van der Waals surface area contributed by atoms with Crippen LogP contribution in [0.15, 0.2) is 35.3 Å². The number of carbonyl (C=O) groups is 1. The SMILES string of the molecule is CCN(C)C=Nc1cc(C)c(C(=O)CN(C)c2ccc(F)cc2Cl)cc1C.